The first kappa shape index (κ1) is 10.1. The molecule has 0 spiro atoms. The summed E-state index contributed by atoms with van der Waals surface area (Å²) in [5.74, 6) is 0.713. The molecular weight excluding hydrogens is 212 g/mol. The van der Waals surface area contributed by atoms with Crippen LogP contribution in [0.4, 0.5) is 6.01 Å². The van der Waals surface area contributed by atoms with Gasteiger partial charge in [-0.3, -0.25) is 0 Å². The predicted octanol–water partition coefficient (Wildman–Crippen LogP) is 3.35. The van der Waals surface area contributed by atoms with Crippen LogP contribution in [0.1, 0.15) is 5.69 Å². The zero-order chi connectivity index (χ0) is 10.8. The summed E-state index contributed by atoms with van der Waals surface area (Å²) in [5.41, 5.74) is 1.69. The van der Waals surface area contributed by atoms with Crippen LogP contribution >= 0.6 is 11.6 Å². The van der Waals surface area contributed by atoms with Crippen LogP contribution in [0.25, 0.3) is 11.3 Å². The number of oxazole rings is 1. The minimum absolute atomic E-state index is 0.502. The average Bonchev–Trinajstić information content (AvgIpc) is 2.60. The van der Waals surface area contributed by atoms with E-state index in [9.17, 15) is 0 Å². The molecule has 0 fully saturated rings. The Morgan fingerprint density at radius 1 is 1.33 bits per heavy atom. The third-order valence-corrected chi connectivity index (χ3v) is 2.46. The van der Waals surface area contributed by atoms with E-state index in [0.29, 0.717) is 16.8 Å². The van der Waals surface area contributed by atoms with Crippen molar-refractivity contribution in [3.63, 3.8) is 0 Å². The first-order valence-electron chi connectivity index (χ1n) is 4.62. The number of aryl methyl sites for hydroxylation is 1. The first-order valence-corrected chi connectivity index (χ1v) is 5.00. The Labute approximate surface area is 93.1 Å². The molecule has 1 aromatic heterocycles. The average molecular weight is 223 g/mol. The highest BCUT2D eigenvalue weighted by molar-refractivity contribution is 6.33. The van der Waals surface area contributed by atoms with Gasteiger partial charge in [0.2, 0.25) is 0 Å². The summed E-state index contributed by atoms with van der Waals surface area (Å²) in [6, 6.07) is 8.05. The number of aromatic nitrogens is 1. The van der Waals surface area contributed by atoms with E-state index in [1.807, 2.05) is 31.2 Å². The minimum Gasteiger partial charge on any atom is -0.423 e. The zero-order valence-electron chi connectivity index (χ0n) is 8.54. The van der Waals surface area contributed by atoms with E-state index >= 15 is 0 Å². The lowest BCUT2D eigenvalue weighted by Crippen LogP contribution is -1.85. The van der Waals surface area contributed by atoms with Gasteiger partial charge in [-0.1, -0.05) is 23.7 Å². The molecule has 1 N–H and O–H groups in total. The number of nitrogens with one attached hydrogen (secondary N) is 1. The Morgan fingerprint density at radius 3 is 2.67 bits per heavy atom. The number of anilines is 1. The molecule has 0 saturated heterocycles. The normalized spacial score (nSPS) is 10.3. The first-order chi connectivity index (χ1) is 7.22. The van der Waals surface area contributed by atoms with Gasteiger partial charge in [0.05, 0.1) is 10.7 Å². The van der Waals surface area contributed by atoms with E-state index < -0.39 is 0 Å². The zero-order valence-corrected chi connectivity index (χ0v) is 9.30. The molecule has 2 rings (SSSR count). The second-order valence-corrected chi connectivity index (χ2v) is 3.57. The van der Waals surface area contributed by atoms with Crippen molar-refractivity contribution < 1.29 is 4.42 Å². The Kier molecular flexibility index (Phi) is 2.64. The van der Waals surface area contributed by atoms with Crippen molar-refractivity contribution in [1.82, 2.24) is 4.98 Å². The number of halogens is 1. The second-order valence-electron chi connectivity index (χ2n) is 3.16. The minimum atomic E-state index is 0.502. The fourth-order valence-electron chi connectivity index (χ4n) is 1.40. The molecule has 1 aromatic carbocycles. The standard InChI is InChI=1S/C11H11ClN2O/c1-7-10(15-11(13-2)14-7)8-5-3-4-6-9(8)12/h3-6H,1-2H3,(H,13,14). The fraction of sp³-hybridized carbons (Fsp3) is 0.182. The Morgan fingerprint density at radius 2 is 2.07 bits per heavy atom. The molecule has 0 amide bonds. The van der Waals surface area contributed by atoms with E-state index in [1.54, 1.807) is 7.05 Å². The van der Waals surface area contributed by atoms with Crippen molar-refractivity contribution >= 4 is 17.6 Å². The van der Waals surface area contributed by atoms with Gasteiger partial charge in [-0.2, -0.15) is 4.98 Å². The highest BCUT2D eigenvalue weighted by Crippen LogP contribution is 2.31. The smallest absolute Gasteiger partial charge is 0.295 e. The van der Waals surface area contributed by atoms with E-state index in [4.69, 9.17) is 16.0 Å². The van der Waals surface area contributed by atoms with Crippen LogP contribution in [0.2, 0.25) is 5.02 Å². The summed E-state index contributed by atoms with van der Waals surface area (Å²) in [6.07, 6.45) is 0. The summed E-state index contributed by atoms with van der Waals surface area (Å²) in [5, 5.41) is 3.52. The van der Waals surface area contributed by atoms with Crippen molar-refractivity contribution in [2.24, 2.45) is 0 Å². The predicted molar refractivity (Wildman–Crippen MR) is 61.2 cm³/mol. The topological polar surface area (TPSA) is 38.1 Å². The number of hydrogen-bond donors (Lipinski definition) is 1. The van der Waals surface area contributed by atoms with Gasteiger partial charge in [0.25, 0.3) is 6.01 Å². The van der Waals surface area contributed by atoms with Crippen molar-refractivity contribution in [2.75, 3.05) is 12.4 Å². The number of rotatable bonds is 2. The van der Waals surface area contributed by atoms with Gasteiger partial charge < -0.3 is 9.73 Å². The molecule has 0 aliphatic heterocycles. The van der Waals surface area contributed by atoms with Crippen molar-refractivity contribution in [2.45, 2.75) is 6.92 Å². The molecular formula is C11H11ClN2O. The van der Waals surface area contributed by atoms with Crippen LogP contribution in [0, 0.1) is 6.92 Å². The summed E-state index contributed by atoms with van der Waals surface area (Å²) in [6.45, 7) is 1.89. The second kappa shape index (κ2) is 3.95. The summed E-state index contributed by atoms with van der Waals surface area (Å²) in [4.78, 5) is 4.21. The highest BCUT2D eigenvalue weighted by atomic mass is 35.5. The van der Waals surface area contributed by atoms with Crippen LogP contribution < -0.4 is 5.32 Å². The highest BCUT2D eigenvalue weighted by Gasteiger charge is 2.12. The maximum absolute atomic E-state index is 6.08. The number of hydrogen-bond acceptors (Lipinski definition) is 3. The molecule has 0 aliphatic rings. The molecule has 0 atom stereocenters. The molecule has 0 unspecified atom stereocenters. The molecule has 0 aliphatic carbocycles. The Hall–Kier alpha value is -1.48. The lowest BCUT2D eigenvalue weighted by atomic mass is 10.1. The molecule has 3 nitrogen and oxygen atoms in total. The van der Waals surface area contributed by atoms with Crippen LogP contribution in [0.5, 0.6) is 0 Å². The SMILES string of the molecule is CNc1nc(C)c(-c2ccccc2Cl)o1. The van der Waals surface area contributed by atoms with Crippen molar-refractivity contribution in [3.8, 4) is 11.3 Å². The molecule has 78 valence electrons. The van der Waals surface area contributed by atoms with Gasteiger partial charge in [0.1, 0.15) is 0 Å². The maximum atomic E-state index is 6.08. The Balaban J connectivity index is 2.54. The van der Waals surface area contributed by atoms with Gasteiger partial charge >= 0.3 is 0 Å². The largest absolute Gasteiger partial charge is 0.423 e. The summed E-state index contributed by atoms with van der Waals surface area (Å²) >= 11 is 6.08. The molecule has 15 heavy (non-hydrogen) atoms. The molecule has 0 radical (unpaired) electrons. The van der Waals surface area contributed by atoms with E-state index in [1.165, 1.54) is 0 Å². The lowest BCUT2D eigenvalue weighted by molar-refractivity contribution is 0.589. The fourth-order valence-corrected chi connectivity index (χ4v) is 1.62. The maximum Gasteiger partial charge on any atom is 0.295 e. The molecule has 4 heteroatoms. The van der Waals surface area contributed by atoms with Gasteiger partial charge in [-0.15, -0.1) is 0 Å². The third kappa shape index (κ3) is 1.83. The van der Waals surface area contributed by atoms with Gasteiger partial charge in [-0.25, -0.2) is 0 Å². The number of benzene rings is 1. The van der Waals surface area contributed by atoms with Crippen molar-refractivity contribution in [3.05, 3.63) is 35.0 Å². The van der Waals surface area contributed by atoms with Crippen LogP contribution in [0.15, 0.2) is 28.7 Å². The molecule has 0 bridgehead atoms. The monoisotopic (exact) mass is 222 g/mol. The Bertz CT molecular complexity index is 479. The van der Waals surface area contributed by atoms with Gasteiger partial charge in [0, 0.05) is 12.6 Å². The van der Waals surface area contributed by atoms with Crippen LogP contribution in [-0.4, -0.2) is 12.0 Å². The summed E-state index contributed by atoms with van der Waals surface area (Å²) < 4.78 is 5.52. The molecule has 1 heterocycles. The molecule has 2 aromatic rings. The van der Waals surface area contributed by atoms with Crippen LogP contribution in [-0.2, 0) is 0 Å². The lowest BCUT2D eigenvalue weighted by Gasteiger charge is -1.99. The molecule has 0 saturated carbocycles. The van der Waals surface area contributed by atoms with E-state index in [0.717, 1.165) is 11.3 Å². The van der Waals surface area contributed by atoms with Crippen molar-refractivity contribution in [1.29, 1.82) is 0 Å². The van der Waals surface area contributed by atoms with Gasteiger partial charge in [-0.05, 0) is 19.1 Å². The quantitative estimate of drug-likeness (QED) is 0.847. The number of nitrogens with zero attached hydrogens (tertiary/aromatic N) is 1. The van der Waals surface area contributed by atoms with E-state index in [-0.39, 0.29) is 0 Å². The van der Waals surface area contributed by atoms with Crippen LogP contribution in [0.3, 0.4) is 0 Å². The summed E-state index contributed by atoms with van der Waals surface area (Å²) in [7, 11) is 1.77. The van der Waals surface area contributed by atoms with E-state index in [2.05, 4.69) is 10.3 Å². The third-order valence-electron chi connectivity index (χ3n) is 2.13. The van der Waals surface area contributed by atoms with Gasteiger partial charge in [0.15, 0.2) is 5.76 Å².